The molecule has 0 aliphatic carbocycles. The number of para-hydroxylation sites is 1. The molecule has 1 atom stereocenters. The van der Waals surface area contributed by atoms with Crippen LogP contribution in [0.2, 0.25) is 0 Å². The fourth-order valence-electron chi connectivity index (χ4n) is 2.26. The van der Waals surface area contributed by atoms with Gasteiger partial charge in [0.15, 0.2) is 23.5 Å². The van der Waals surface area contributed by atoms with Crippen molar-refractivity contribution in [1.29, 1.82) is 0 Å². The van der Waals surface area contributed by atoms with Gasteiger partial charge in [0, 0.05) is 12.6 Å². The monoisotopic (exact) mass is 372 g/mol. The second kappa shape index (κ2) is 8.21. The molecule has 0 radical (unpaired) electrons. The maximum atomic E-state index is 13.6. The van der Waals surface area contributed by atoms with E-state index in [2.05, 4.69) is 20.5 Å². The van der Waals surface area contributed by atoms with Gasteiger partial charge in [-0.15, -0.1) is 5.10 Å². The van der Waals surface area contributed by atoms with Gasteiger partial charge in [-0.25, -0.2) is 18.7 Å². The van der Waals surface area contributed by atoms with Crippen LogP contribution in [0.3, 0.4) is 0 Å². The molecule has 0 fully saturated rings. The molecule has 0 saturated carbocycles. The minimum absolute atomic E-state index is 0.00132. The molecule has 1 amide bonds. The van der Waals surface area contributed by atoms with Crippen LogP contribution in [-0.4, -0.2) is 43.1 Å². The van der Waals surface area contributed by atoms with E-state index in [1.54, 1.807) is 6.07 Å². The van der Waals surface area contributed by atoms with Crippen molar-refractivity contribution in [2.75, 3.05) is 6.54 Å². The molecule has 0 spiro atoms. The van der Waals surface area contributed by atoms with Crippen molar-refractivity contribution in [3.05, 3.63) is 65.2 Å². The number of ether oxygens (including phenoxy) is 1. The third-order valence-corrected chi connectivity index (χ3v) is 3.64. The number of carbonyl (C=O) groups excluding carboxylic acids is 1. The Bertz CT molecular complexity index is 973. The van der Waals surface area contributed by atoms with Gasteiger partial charge in [-0.2, -0.15) is 5.10 Å². The number of aromatic nitrogens is 5. The van der Waals surface area contributed by atoms with Crippen molar-refractivity contribution in [1.82, 2.24) is 29.9 Å². The zero-order valence-corrected chi connectivity index (χ0v) is 14.4. The number of benzene rings is 1. The number of halogens is 1. The number of hydrogen-bond donors (Lipinski definition) is 1. The fourth-order valence-corrected chi connectivity index (χ4v) is 2.26. The Hall–Kier alpha value is -3.56. The molecule has 0 aliphatic rings. The lowest BCUT2D eigenvalue weighted by Gasteiger charge is -2.15. The van der Waals surface area contributed by atoms with Gasteiger partial charge in [0.1, 0.15) is 12.7 Å². The Morgan fingerprint density at radius 3 is 2.85 bits per heavy atom. The third-order valence-electron chi connectivity index (χ3n) is 3.64. The van der Waals surface area contributed by atoms with Crippen molar-refractivity contribution >= 4 is 5.91 Å². The molecular formula is C17H17FN6O3. The molecule has 1 N–H and O–H groups in total. The normalized spacial score (nSPS) is 11.8. The molecule has 0 unspecified atom stereocenters. The Morgan fingerprint density at radius 1 is 1.30 bits per heavy atom. The first kappa shape index (κ1) is 18.2. The zero-order valence-electron chi connectivity index (χ0n) is 14.4. The lowest BCUT2D eigenvalue weighted by molar-refractivity contribution is -0.127. The van der Waals surface area contributed by atoms with Gasteiger partial charge in [0.25, 0.3) is 11.5 Å². The summed E-state index contributed by atoms with van der Waals surface area (Å²) in [4.78, 5) is 27.8. The zero-order chi connectivity index (χ0) is 19.2. The molecule has 140 valence electrons. The van der Waals surface area contributed by atoms with Crippen LogP contribution < -0.4 is 15.6 Å². The summed E-state index contributed by atoms with van der Waals surface area (Å²) in [6.07, 6.45) is 1.92. The fraction of sp³-hybridized carbons (Fsp3) is 0.235. The van der Waals surface area contributed by atoms with Gasteiger partial charge in [-0.3, -0.25) is 9.59 Å². The molecule has 0 aliphatic heterocycles. The largest absolute Gasteiger partial charge is 0.478 e. The van der Waals surface area contributed by atoms with E-state index in [9.17, 15) is 14.0 Å². The Labute approximate surface area is 153 Å². The highest BCUT2D eigenvalue weighted by molar-refractivity contribution is 5.80. The summed E-state index contributed by atoms with van der Waals surface area (Å²) in [6, 6.07) is 8.72. The minimum Gasteiger partial charge on any atom is -0.478 e. The van der Waals surface area contributed by atoms with Gasteiger partial charge >= 0.3 is 0 Å². The van der Waals surface area contributed by atoms with Gasteiger partial charge in [-0.05, 0) is 25.1 Å². The SMILES string of the molecule is C[C@@H](Oc1ccccc1F)C(=O)NCCn1nc(-n2cncn2)ccc1=O. The molecule has 3 rings (SSSR count). The molecule has 10 heteroatoms. The third kappa shape index (κ3) is 4.54. The van der Waals surface area contributed by atoms with Gasteiger partial charge in [0.05, 0.1) is 6.54 Å². The maximum absolute atomic E-state index is 13.6. The summed E-state index contributed by atoms with van der Waals surface area (Å²) in [6.45, 7) is 1.81. The second-order valence-electron chi connectivity index (χ2n) is 5.57. The minimum atomic E-state index is -0.895. The standard InChI is InChI=1S/C17H17FN6O3/c1-12(27-14-5-3-2-4-13(14)18)17(26)20-8-9-23-16(25)7-6-15(22-23)24-11-19-10-21-24/h2-7,10-12H,8-9H2,1H3,(H,20,26)/t12-/m1/s1. The molecule has 2 aromatic heterocycles. The van der Waals surface area contributed by atoms with E-state index in [-0.39, 0.29) is 24.4 Å². The van der Waals surface area contributed by atoms with Crippen LogP contribution in [0.1, 0.15) is 6.92 Å². The van der Waals surface area contributed by atoms with Crippen LogP contribution in [0.25, 0.3) is 5.82 Å². The highest BCUT2D eigenvalue weighted by Gasteiger charge is 2.16. The summed E-state index contributed by atoms with van der Waals surface area (Å²) in [5.41, 5.74) is -0.316. The number of hydrogen-bond acceptors (Lipinski definition) is 6. The quantitative estimate of drug-likeness (QED) is 0.649. The summed E-state index contributed by atoms with van der Waals surface area (Å²) in [7, 11) is 0. The van der Waals surface area contributed by atoms with E-state index in [4.69, 9.17) is 4.74 Å². The number of nitrogens with one attached hydrogen (secondary N) is 1. The van der Waals surface area contributed by atoms with Gasteiger partial charge in [-0.1, -0.05) is 12.1 Å². The number of amides is 1. The van der Waals surface area contributed by atoms with Crippen molar-refractivity contribution in [3.63, 3.8) is 0 Å². The number of nitrogens with zero attached hydrogens (tertiary/aromatic N) is 5. The molecular weight excluding hydrogens is 355 g/mol. The Morgan fingerprint density at radius 2 is 2.11 bits per heavy atom. The van der Waals surface area contributed by atoms with E-state index in [1.165, 1.54) is 59.3 Å². The van der Waals surface area contributed by atoms with Crippen LogP contribution in [0, 0.1) is 5.82 Å². The molecule has 3 aromatic rings. The van der Waals surface area contributed by atoms with E-state index in [0.29, 0.717) is 5.82 Å². The second-order valence-corrected chi connectivity index (χ2v) is 5.57. The average Bonchev–Trinajstić information content (AvgIpc) is 3.19. The van der Waals surface area contributed by atoms with Crippen LogP contribution >= 0.6 is 0 Å². The first-order valence-electron chi connectivity index (χ1n) is 8.16. The highest BCUT2D eigenvalue weighted by Crippen LogP contribution is 2.16. The smallest absolute Gasteiger partial charge is 0.266 e. The van der Waals surface area contributed by atoms with E-state index in [0.717, 1.165) is 0 Å². The molecule has 0 saturated heterocycles. The van der Waals surface area contributed by atoms with E-state index < -0.39 is 17.8 Å². The highest BCUT2D eigenvalue weighted by atomic mass is 19.1. The van der Waals surface area contributed by atoms with Crippen LogP contribution in [-0.2, 0) is 11.3 Å². The lowest BCUT2D eigenvalue weighted by atomic mass is 10.3. The van der Waals surface area contributed by atoms with Crippen LogP contribution in [0.5, 0.6) is 5.75 Å². The summed E-state index contributed by atoms with van der Waals surface area (Å²) >= 11 is 0. The summed E-state index contributed by atoms with van der Waals surface area (Å²) in [5.74, 6) is -0.551. The molecule has 2 heterocycles. The Kier molecular flexibility index (Phi) is 5.55. The van der Waals surface area contributed by atoms with Crippen molar-refractivity contribution in [2.45, 2.75) is 19.6 Å². The van der Waals surface area contributed by atoms with Gasteiger partial charge in [0.2, 0.25) is 0 Å². The van der Waals surface area contributed by atoms with Gasteiger partial charge < -0.3 is 10.1 Å². The molecule has 9 nitrogen and oxygen atoms in total. The van der Waals surface area contributed by atoms with Crippen molar-refractivity contribution < 1.29 is 13.9 Å². The average molecular weight is 372 g/mol. The molecule has 27 heavy (non-hydrogen) atoms. The predicted molar refractivity (Wildman–Crippen MR) is 92.9 cm³/mol. The lowest BCUT2D eigenvalue weighted by Crippen LogP contribution is -2.39. The first-order valence-corrected chi connectivity index (χ1v) is 8.16. The molecule has 0 bridgehead atoms. The van der Waals surface area contributed by atoms with Crippen molar-refractivity contribution in [3.8, 4) is 11.6 Å². The molecule has 1 aromatic carbocycles. The predicted octanol–water partition coefficient (Wildman–Crippen LogP) is 0.547. The summed E-state index contributed by atoms with van der Waals surface area (Å²) < 4.78 is 21.5. The summed E-state index contributed by atoms with van der Waals surface area (Å²) in [5, 5.41) is 10.7. The topological polar surface area (TPSA) is 104 Å². The Balaban J connectivity index is 1.56. The van der Waals surface area contributed by atoms with Crippen molar-refractivity contribution in [2.24, 2.45) is 0 Å². The van der Waals surface area contributed by atoms with E-state index >= 15 is 0 Å². The maximum Gasteiger partial charge on any atom is 0.266 e. The van der Waals surface area contributed by atoms with Crippen LogP contribution in [0.4, 0.5) is 4.39 Å². The van der Waals surface area contributed by atoms with Crippen LogP contribution in [0.15, 0.2) is 53.8 Å². The van der Waals surface area contributed by atoms with E-state index in [1.807, 2.05) is 0 Å². The number of rotatable bonds is 7. The number of carbonyl (C=O) groups is 1. The first-order chi connectivity index (χ1) is 13.0.